The Kier molecular flexibility index (Phi) is 4.34. The van der Waals surface area contributed by atoms with Crippen LogP contribution in [-0.2, 0) is 10.0 Å². The van der Waals surface area contributed by atoms with E-state index in [0.29, 0.717) is 3.79 Å². The highest BCUT2D eigenvalue weighted by Gasteiger charge is 2.32. The van der Waals surface area contributed by atoms with Gasteiger partial charge in [0, 0.05) is 13.1 Å². The Morgan fingerprint density at radius 2 is 2.05 bits per heavy atom. The molecule has 0 unspecified atom stereocenters. The summed E-state index contributed by atoms with van der Waals surface area (Å²) in [4.78, 5) is 11.0. The second-order valence-corrected chi connectivity index (χ2v) is 8.85. The molecule has 1 fully saturated rings. The minimum Gasteiger partial charge on any atom is -0.477 e. The lowest BCUT2D eigenvalue weighted by atomic mass is 10.3. The van der Waals surface area contributed by atoms with Crippen LogP contribution in [0, 0.1) is 0 Å². The van der Waals surface area contributed by atoms with Crippen LogP contribution in [0.25, 0.3) is 0 Å². The number of aromatic carboxylic acids is 1. The maximum atomic E-state index is 12.5. The van der Waals surface area contributed by atoms with Gasteiger partial charge in [-0.25, -0.2) is 13.2 Å². The van der Waals surface area contributed by atoms with Gasteiger partial charge in [-0.2, -0.15) is 4.31 Å². The number of nitrogens with zero attached hydrogens (tertiary/aromatic N) is 1. The first kappa shape index (κ1) is 15.0. The first-order valence-electron chi connectivity index (χ1n) is 5.84. The Morgan fingerprint density at radius 1 is 1.47 bits per heavy atom. The van der Waals surface area contributed by atoms with Gasteiger partial charge in [-0.3, -0.25) is 0 Å². The summed E-state index contributed by atoms with van der Waals surface area (Å²) in [5.74, 6) is -1.12. The van der Waals surface area contributed by atoms with Crippen LogP contribution in [0.15, 0.2) is 14.7 Å². The van der Waals surface area contributed by atoms with Crippen LogP contribution in [0.4, 0.5) is 0 Å². The molecule has 0 atom stereocenters. The van der Waals surface area contributed by atoms with E-state index in [1.54, 1.807) is 7.05 Å². The second kappa shape index (κ2) is 5.51. The average Bonchev–Trinajstić information content (AvgIpc) is 2.96. The van der Waals surface area contributed by atoms with Crippen molar-refractivity contribution in [2.24, 2.45) is 0 Å². The molecule has 1 aliphatic carbocycles. The first-order valence-corrected chi connectivity index (χ1v) is 8.89. The molecule has 1 saturated carbocycles. The Hall–Kier alpha value is -0.440. The lowest BCUT2D eigenvalue weighted by Gasteiger charge is -2.23. The van der Waals surface area contributed by atoms with E-state index in [4.69, 9.17) is 5.11 Å². The summed E-state index contributed by atoms with van der Waals surface area (Å²) < 4.78 is 26.7. The van der Waals surface area contributed by atoms with Gasteiger partial charge in [0.05, 0.1) is 3.79 Å². The Balaban J connectivity index is 2.35. The van der Waals surface area contributed by atoms with Crippen molar-refractivity contribution in [3.8, 4) is 0 Å². The van der Waals surface area contributed by atoms with Crippen molar-refractivity contribution in [1.29, 1.82) is 0 Å². The first-order chi connectivity index (χ1) is 8.84. The number of hydrogen-bond donors (Lipinski definition) is 1. The molecular weight excluding hydrogens is 354 g/mol. The highest BCUT2D eigenvalue weighted by Crippen LogP contribution is 2.35. The van der Waals surface area contributed by atoms with Gasteiger partial charge >= 0.3 is 5.97 Å². The number of thiophene rings is 1. The lowest BCUT2D eigenvalue weighted by molar-refractivity contribution is 0.0702. The van der Waals surface area contributed by atoms with Crippen LogP contribution in [0.5, 0.6) is 0 Å². The molecule has 0 aliphatic heterocycles. The van der Waals surface area contributed by atoms with E-state index in [-0.39, 0.29) is 15.8 Å². The SMILES string of the molecule is CN(C1CCCC1)S(=O)(=O)c1cc(C(=O)O)sc1Br. The Labute approximate surface area is 124 Å². The molecule has 0 radical (unpaired) electrons. The second-order valence-electron chi connectivity index (χ2n) is 4.51. The molecular formula is C11H14BrNO4S2. The van der Waals surface area contributed by atoms with Crippen molar-refractivity contribution < 1.29 is 18.3 Å². The van der Waals surface area contributed by atoms with E-state index in [1.165, 1.54) is 10.4 Å². The summed E-state index contributed by atoms with van der Waals surface area (Å²) in [5, 5.41) is 8.92. The van der Waals surface area contributed by atoms with Gasteiger partial charge in [-0.1, -0.05) is 12.8 Å². The van der Waals surface area contributed by atoms with Crippen molar-refractivity contribution in [3.63, 3.8) is 0 Å². The van der Waals surface area contributed by atoms with E-state index in [1.807, 2.05) is 0 Å². The van der Waals surface area contributed by atoms with Crippen LogP contribution in [0.2, 0.25) is 0 Å². The molecule has 1 N–H and O–H groups in total. The standard InChI is InChI=1S/C11H14BrNO4S2/c1-13(7-4-2-3-5-7)19(16,17)9-6-8(11(14)15)18-10(9)12/h6-7H,2-5H2,1H3,(H,14,15). The van der Waals surface area contributed by atoms with E-state index < -0.39 is 16.0 Å². The molecule has 106 valence electrons. The molecule has 1 heterocycles. The molecule has 1 aliphatic rings. The van der Waals surface area contributed by atoms with E-state index in [2.05, 4.69) is 15.9 Å². The number of hydrogen-bond acceptors (Lipinski definition) is 4. The zero-order valence-corrected chi connectivity index (χ0v) is 13.5. The smallest absolute Gasteiger partial charge is 0.345 e. The number of sulfonamides is 1. The number of carbonyl (C=O) groups is 1. The summed E-state index contributed by atoms with van der Waals surface area (Å²) in [6.45, 7) is 0. The number of carboxylic acid groups (broad SMARTS) is 1. The maximum absolute atomic E-state index is 12.5. The van der Waals surface area contributed by atoms with E-state index in [0.717, 1.165) is 37.0 Å². The molecule has 0 spiro atoms. The largest absolute Gasteiger partial charge is 0.477 e. The van der Waals surface area contributed by atoms with Gasteiger partial charge in [0.25, 0.3) is 0 Å². The zero-order valence-electron chi connectivity index (χ0n) is 10.3. The zero-order chi connectivity index (χ0) is 14.2. The van der Waals surface area contributed by atoms with Crippen LogP contribution in [0.1, 0.15) is 35.4 Å². The molecule has 19 heavy (non-hydrogen) atoms. The van der Waals surface area contributed by atoms with Crippen LogP contribution < -0.4 is 0 Å². The van der Waals surface area contributed by atoms with E-state index in [9.17, 15) is 13.2 Å². The van der Waals surface area contributed by atoms with Gasteiger partial charge < -0.3 is 5.11 Å². The van der Waals surface area contributed by atoms with Crippen LogP contribution in [0.3, 0.4) is 0 Å². The lowest BCUT2D eigenvalue weighted by Crippen LogP contribution is -2.35. The highest BCUT2D eigenvalue weighted by molar-refractivity contribution is 9.11. The molecule has 1 aromatic heterocycles. The highest BCUT2D eigenvalue weighted by atomic mass is 79.9. The maximum Gasteiger partial charge on any atom is 0.345 e. The number of halogens is 1. The monoisotopic (exact) mass is 367 g/mol. The van der Waals surface area contributed by atoms with Crippen molar-refractivity contribution in [2.45, 2.75) is 36.6 Å². The van der Waals surface area contributed by atoms with Gasteiger partial charge in [-0.15, -0.1) is 11.3 Å². The molecule has 8 heteroatoms. The summed E-state index contributed by atoms with van der Waals surface area (Å²) in [5.41, 5.74) is 0. The topological polar surface area (TPSA) is 74.7 Å². The third-order valence-electron chi connectivity index (χ3n) is 3.36. The van der Waals surface area contributed by atoms with Gasteiger partial charge in [0.2, 0.25) is 10.0 Å². The molecule has 0 bridgehead atoms. The number of rotatable bonds is 4. The third-order valence-corrected chi connectivity index (χ3v) is 7.51. The summed E-state index contributed by atoms with van der Waals surface area (Å²) in [6, 6.07) is 1.24. The predicted octanol–water partition coefficient (Wildman–Crippen LogP) is 2.77. The van der Waals surface area contributed by atoms with Gasteiger partial charge in [0.15, 0.2) is 0 Å². The minimum atomic E-state index is -3.63. The van der Waals surface area contributed by atoms with Crippen LogP contribution >= 0.6 is 27.3 Å². The van der Waals surface area contributed by atoms with Crippen LogP contribution in [-0.4, -0.2) is 36.9 Å². The normalized spacial score (nSPS) is 17.2. The fourth-order valence-electron chi connectivity index (χ4n) is 2.25. The van der Waals surface area contributed by atoms with Crippen molar-refractivity contribution >= 4 is 43.3 Å². The quantitative estimate of drug-likeness (QED) is 0.887. The Bertz CT molecular complexity index is 590. The minimum absolute atomic E-state index is 0.0186. The van der Waals surface area contributed by atoms with Crippen molar-refractivity contribution in [3.05, 3.63) is 14.7 Å². The summed E-state index contributed by atoms with van der Waals surface area (Å²) in [7, 11) is -2.07. The number of carboxylic acids is 1. The molecule has 0 aromatic carbocycles. The fraction of sp³-hybridized carbons (Fsp3) is 0.545. The third kappa shape index (κ3) is 2.86. The summed E-state index contributed by atoms with van der Waals surface area (Å²) in [6.07, 6.45) is 3.80. The van der Waals surface area contributed by atoms with Gasteiger partial charge in [-0.05, 0) is 34.8 Å². The average molecular weight is 368 g/mol. The predicted molar refractivity (Wildman–Crippen MR) is 76.2 cm³/mol. The summed E-state index contributed by atoms with van der Waals surface area (Å²) >= 11 is 4.07. The van der Waals surface area contributed by atoms with Crippen molar-refractivity contribution in [2.75, 3.05) is 7.05 Å². The van der Waals surface area contributed by atoms with Gasteiger partial charge in [0.1, 0.15) is 9.77 Å². The molecule has 0 saturated heterocycles. The Morgan fingerprint density at radius 3 is 2.53 bits per heavy atom. The molecule has 2 rings (SSSR count). The van der Waals surface area contributed by atoms with Crippen molar-refractivity contribution in [1.82, 2.24) is 4.31 Å². The molecule has 1 aromatic rings. The fourth-order valence-corrected chi connectivity index (χ4v) is 6.02. The molecule has 0 amide bonds. The van der Waals surface area contributed by atoms with E-state index >= 15 is 0 Å². The molecule has 5 nitrogen and oxygen atoms in total.